The molecule has 0 radical (unpaired) electrons. The van der Waals surface area contributed by atoms with Crippen LogP contribution in [0.2, 0.25) is 0 Å². The molecule has 4 unspecified atom stereocenters. The molecule has 3 amide bonds. The fourth-order valence-electron chi connectivity index (χ4n) is 2.85. The second kappa shape index (κ2) is 13.1. The molecule has 0 saturated carbocycles. The highest BCUT2D eigenvalue weighted by Gasteiger charge is 2.32. The van der Waals surface area contributed by atoms with Gasteiger partial charge in [0.15, 0.2) is 0 Å². The largest absolute Gasteiger partial charge is 0.481 e. The minimum atomic E-state index is -1.55. The molecule has 0 aromatic heterocycles. The lowest BCUT2D eigenvalue weighted by Gasteiger charge is -2.27. The molecule has 0 aliphatic heterocycles. The van der Waals surface area contributed by atoms with E-state index in [9.17, 15) is 24.0 Å². The van der Waals surface area contributed by atoms with Gasteiger partial charge in [-0.2, -0.15) is 0 Å². The van der Waals surface area contributed by atoms with Crippen LogP contribution in [0.4, 0.5) is 0 Å². The Morgan fingerprint density at radius 3 is 1.94 bits per heavy atom. The maximum absolute atomic E-state index is 13.0. The summed E-state index contributed by atoms with van der Waals surface area (Å²) in [5, 5.41) is 34.1. The predicted octanol–water partition coefficient (Wildman–Crippen LogP) is -1.78. The lowest BCUT2D eigenvalue weighted by Crippen LogP contribution is -2.59. The van der Waals surface area contributed by atoms with Crippen LogP contribution in [0.15, 0.2) is 30.3 Å². The van der Waals surface area contributed by atoms with Crippen LogP contribution >= 0.6 is 0 Å². The summed E-state index contributed by atoms with van der Waals surface area (Å²) in [5.74, 6) is -5.63. The number of nitrogens with one attached hydrogen (secondary N) is 3. The highest BCUT2D eigenvalue weighted by Crippen LogP contribution is 2.08. The summed E-state index contributed by atoms with van der Waals surface area (Å²) in [7, 11) is 0. The number of hydrogen-bond acceptors (Lipinski definition) is 7. The van der Waals surface area contributed by atoms with E-state index >= 15 is 0 Å². The van der Waals surface area contributed by atoms with Gasteiger partial charge in [0.05, 0.1) is 19.1 Å². The zero-order valence-corrected chi connectivity index (χ0v) is 18.4. The number of hydrogen-bond donors (Lipinski definition) is 7. The third-order valence-electron chi connectivity index (χ3n) is 4.69. The Balaban J connectivity index is 3.05. The van der Waals surface area contributed by atoms with E-state index in [0.29, 0.717) is 5.56 Å². The minimum Gasteiger partial charge on any atom is -0.481 e. The van der Waals surface area contributed by atoms with Crippen LogP contribution in [0.1, 0.15) is 25.8 Å². The van der Waals surface area contributed by atoms with E-state index in [0.717, 1.165) is 0 Å². The molecule has 1 aromatic rings. The summed E-state index contributed by atoms with van der Waals surface area (Å²) in [6.45, 7) is 2.40. The molecule has 1 aromatic carbocycles. The van der Waals surface area contributed by atoms with Crippen molar-refractivity contribution in [3.05, 3.63) is 35.9 Å². The molecule has 12 nitrogen and oxygen atoms in total. The number of benzene rings is 1. The fourth-order valence-corrected chi connectivity index (χ4v) is 2.85. The first-order valence-corrected chi connectivity index (χ1v) is 10.2. The van der Waals surface area contributed by atoms with Crippen LogP contribution in [-0.2, 0) is 30.4 Å². The van der Waals surface area contributed by atoms with E-state index in [2.05, 4.69) is 16.0 Å². The van der Waals surface area contributed by atoms with Gasteiger partial charge in [-0.15, -0.1) is 0 Å². The van der Waals surface area contributed by atoms with Gasteiger partial charge < -0.3 is 37.0 Å². The van der Waals surface area contributed by atoms with Crippen LogP contribution in [0.3, 0.4) is 0 Å². The van der Waals surface area contributed by atoms with Crippen molar-refractivity contribution in [2.75, 3.05) is 6.61 Å². The van der Waals surface area contributed by atoms with Gasteiger partial charge in [0.25, 0.3) is 0 Å². The van der Waals surface area contributed by atoms with Gasteiger partial charge in [-0.25, -0.2) is 4.79 Å². The molecular formula is C21H30N4O8. The molecule has 182 valence electrons. The van der Waals surface area contributed by atoms with Crippen molar-refractivity contribution in [2.45, 2.75) is 50.9 Å². The SMILES string of the molecule is CC(C)C(NC(=O)C(Cc1ccccc1)NC(=O)C(N)CC(=O)O)C(=O)NC(CO)C(=O)O. The van der Waals surface area contributed by atoms with Gasteiger partial charge in [0.2, 0.25) is 17.7 Å². The number of aliphatic hydroxyl groups excluding tert-OH is 1. The quantitative estimate of drug-likeness (QED) is 0.175. The van der Waals surface area contributed by atoms with Crippen molar-refractivity contribution >= 4 is 29.7 Å². The first-order chi connectivity index (χ1) is 15.5. The van der Waals surface area contributed by atoms with Crippen molar-refractivity contribution < 1.29 is 39.3 Å². The van der Waals surface area contributed by atoms with Crippen LogP contribution in [0, 0.1) is 5.92 Å². The average Bonchev–Trinajstić information content (AvgIpc) is 2.74. The molecule has 1 rings (SSSR count). The first kappa shape index (κ1) is 27.5. The molecule has 0 saturated heterocycles. The van der Waals surface area contributed by atoms with E-state index in [1.54, 1.807) is 44.2 Å². The predicted molar refractivity (Wildman–Crippen MR) is 116 cm³/mol. The summed E-state index contributed by atoms with van der Waals surface area (Å²) in [5.41, 5.74) is 6.27. The van der Waals surface area contributed by atoms with E-state index in [1.807, 2.05) is 0 Å². The van der Waals surface area contributed by atoms with Gasteiger partial charge in [0.1, 0.15) is 18.1 Å². The van der Waals surface area contributed by atoms with Gasteiger partial charge in [-0.1, -0.05) is 44.2 Å². The molecule has 0 fully saturated rings. The van der Waals surface area contributed by atoms with Crippen LogP contribution in [0.5, 0.6) is 0 Å². The Bertz CT molecular complexity index is 846. The van der Waals surface area contributed by atoms with Gasteiger partial charge in [0, 0.05) is 6.42 Å². The van der Waals surface area contributed by atoms with E-state index in [4.69, 9.17) is 21.1 Å². The summed E-state index contributed by atoms with van der Waals surface area (Å²) in [6.07, 6.45) is -0.612. The van der Waals surface area contributed by atoms with Crippen LogP contribution in [-0.4, -0.2) is 75.8 Å². The monoisotopic (exact) mass is 466 g/mol. The number of amides is 3. The van der Waals surface area contributed by atoms with Crippen molar-refractivity contribution in [1.29, 1.82) is 0 Å². The Morgan fingerprint density at radius 2 is 1.45 bits per heavy atom. The number of rotatable bonds is 13. The molecule has 12 heteroatoms. The lowest BCUT2D eigenvalue weighted by molar-refractivity contribution is -0.143. The normalized spacial score (nSPS) is 14.5. The maximum atomic E-state index is 13.0. The third-order valence-corrected chi connectivity index (χ3v) is 4.69. The van der Waals surface area contributed by atoms with Crippen molar-refractivity contribution in [3.8, 4) is 0 Å². The Morgan fingerprint density at radius 1 is 0.879 bits per heavy atom. The van der Waals surface area contributed by atoms with Gasteiger partial charge >= 0.3 is 11.9 Å². The van der Waals surface area contributed by atoms with Gasteiger partial charge in [-0.3, -0.25) is 19.2 Å². The Labute approximate surface area is 190 Å². The maximum Gasteiger partial charge on any atom is 0.328 e. The fraction of sp³-hybridized carbons (Fsp3) is 0.476. The second-order valence-electron chi connectivity index (χ2n) is 7.77. The average molecular weight is 466 g/mol. The Kier molecular flexibility index (Phi) is 11.0. The van der Waals surface area contributed by atoms with Crippen molar-refractivity contribution in [1.82, 2.24) is 16.0 Å². The summed E-state index contributed by atoms with van der Waals surface area (Å²) in [4.78, 5) is 59.8. The zero-order valence-electron chi connectivity index (χ0n) is 18.4. The summed E-state index contributed by atoms with van der Waals surface area (Å²) in [6, 6.07) is 3.35. The topological polar surface area (TPSA) is 208 Å². The molecule has 0 heterocycles. The molecule has 0 aliphatic carbocycles. The highest BCUT2D eigenvalue weighted by molar-refractivity contribution is 5.95. The van der Waals surface area contributed by atoms with Crippen LogP contribution < -0.4 is 21.7 Å². The standard InChI is InChI=1S/C21H30N4O8/c1-11(2)17(20(31)24-15(10-26)21(32)33)25-19(30)14(8-12-6-4-3-5-7-12)23-18(29)13(22)9-16(27)28/h3-7,11,13-15,17,26H,8-10,22H2,1-2H3,(H,23,29)(H,24,31)(H,25,30)(H,27,28)(H,32,33). The van der Waals surface area contributed by atoms with E-state index in [1.165, 1.54) is 0 Å². The molecule has 0 bridgehead atoms. The molecule has 8 N–H and O–H groups in total. The zero-order chi connectivity index (χ0) is 25.1. The van der Waals surface area contributed by atoms with E-state index < -0.39 is 72.8 Å². The number of aliphatic carboxylic acids is 2. The number of nitrogens with two attached hydrogens (primary N) is 1. The molecule has 0 spiro atoms. The van der Waals surface area contributed by atoms with E-state index in [-0.39, 0.29) is 6.42 Å². The van der Waals surface area contributed by atoms with Gasteiger partial charge in [-0.05, 0) is 11.5 Å². The number of carboxylic acids is 2. The smallest absolute Gasteiger partial charge is 0.328 e. The number of aliphatic hydroxyl groups is 1. The van der Waals surface area contributed by atoms with Crippen molar-refractivity contribution in [3.63, 3.8) is 0 Å². The van der Waals surface area contributed by atoms with Crippen molar-refractivity contribution in [2.24, 2.45) is 11.7 Å². The molecular weight excluding hydrogens is 436 g/mol. The number of carboxylic acid groups (broad SMARTS) is 2. The Hall–Kier alpha value is -3.51. The highest BCUT2D eigenvalue weighted by atomic mass is 16.4. The molecule has 4 atom stereocenters. The third kappa shape index (κ3) is 9.25. The minimum absolute atomic E-state index is 0.0268. The number of carbonyl (C=O) groups is 5. The second-order valence-corrected chi connectivity index (χ2v) is 7.77. The molecule has 33 heavy (non-hydrogen) atoms. The first-order valence-electron chi connectivity index (χ1n) is 10.2. The summed E-state index contributed by atoms with van der Waals surface area (Å²) >= 11 is 0. The summed E-state index contributed by atoms with van der Waals surface area (Å²) < 4.78 is 0. The number of carbonyl (C=O) groups excluding carboxylic acids is 3. The lowest BCUT2D eigenvalue weighted by atomic mass is 10.0. The van der Waals surface area contributed by atoms with Crippen LogP contribution in [0.25, 0.3) is 0 Å². The molecule has 0 aliphatic rings.